The number of ether oxygens (including phenoxy) is 4. The number of hydrogen-bond donors (Lipinski definition) is 0. The van der Waals surface area contributed by atoms with E-state index in [1.807, 2.05) is 30.4 Å². The van der Waals surface area contributed by atoms with E-state index in [9.17, 15) is 9.59 Å². The van der Waals surface area contributed by atoms with Crippen LogP contribution in [-0.4, -0.2) is 37.4 Å². The molecule has 6 nitrogen and oxygen atoms in total. The SMILES string of the molecule is O=C1OCC/C=C/CCOC(=O)[C@@H]2OC(c3ccccc3)O[C@@H]12. The van der Waals surface area contributed by atoms with Gasteiger partial charge in [0, 0.05) is 5.56 Å². The van der Waals surface area contributed by atoms with Crippen molar-refractivity contribution in [1.82, 2.24) is 0 Å². The van der Waals surface area contributed by atoms with Crippen molar-refractivity contribution in [2.75, 3.05) is 13.2 Å². The smallest absolute Gasteiger partial charge is 0.338 e. The fourth-order valence-corrected chi connectivity index (χ4v) is 2.42. The monoisotopic (exact) mass is 318 g/mol. The lowest BCUT2D eigenvalue weighted by Gasteiger charge is -2.15. The number of cyclic esters (lactones) is 2. The molecule has 0 unspecified atom stereocenters. The van der Waals surface area contributed by atoms with Gasteiger partial charge in [-0.2, -0.15) is 0 Å². The Morgan fingerprint density at radius 1 is 0.783 bits per heavy atom. The van der Waals surface area contributed by atoms with Crippen LogP contribution in [0.25, 0.3) is 0 Å². The number of esters is 2. The highest BCUT2D eigenvalue weighted by molar-refractivity contribution is 5.86. The lowest BCUT2D eigenvalue weighted by Crippen LogP contribution is -2.39. The van der Waals surface area contributed by atoms with Crippen LogP contribution in [0.3, 0.4) is 0 Å². The van der Waals surface area contributed by atoms with Crippen molar-refractivity contribution in [2.24, 2.45) is 0 Å². The second-order valence-corrected chi connectivity index (χ2v) is 5.24. The highest BCUT2D eigenvalue weighted by Crippen LogP contribution is 2.32. The van der Waals surface area contributed by atoms with Crippen LogP contribution in [0, 0.1) is 0 Å². The first-order chi connectivity index (χ1) is 11.3. The Balaban J connectivity index is 1.78. The molecule has 0 amide bonds. The maximum absolute atomic E-state index is 12.2. The Bertz CT molecular complexity index is 550. The fourth-order valence-electron chi connectivity index (χ4n) is 2.42. The summed E-state index contributed by atoms with van der Waals surface area (Å²) in [7, 11) is 0. The molecule has 0 aliphatic carbocycles. The van der Waals surface area contributed by atoms with E-state index < -0.39 is 30.4 Å². The maximum atomic E-state index is 12.2. The van der Waals surface area contributed by atoms with Gasteiger partial charge in [-0.15, -0.1) is 0 Å². The number of carbonyl (C=O) groups is 2. The van der Waals surface area contributed by atoms with Crippen molar-refractivity contribution < 1.29 is 28.5 Å². The fraction of sp³-hybridized carbons (Fsp3) is 0.412. The van der Waals surface area contributed by atoms with Crippen molar-refractivity contribution in [1.29, 1.82) is 0 Å². The van der Waals surface area contributed by atoms with Crippen molar-refractivity contribution in [2.45, 2.75) is 31.3 Å². The summed E-state index contributed by atoms with van der Waals surface area (Å²) in [6.45, 7) is 0.486. The molecular formula is C17H18O6. The zero-order valence-electron chi connectivity index (χ0n) is 12.6. The molecule has 0 N–H and O–H groups in total. The number of rotatable bonds is 1. The van der Waals surface area contributed by atoms with E-state index in [-0.39, 0.29) is 13.2 Å². The van der Waals surface area contributed by atoms with Gasteiger partial charge < -0.3 is 18.9 Å². The molecule has 1 aromatic carbocycles. The van der Waals surface area contributed by atoms with E-state index >= 15 is 0 Å². The molecule has 0 radical (unpaired) electrons. The van der Waals surface area contributed by atoms with Crippen molar-refractivity contribution in [3.8, 4) is 0 Å². The Hall–Kier alpha value is -2.18. The van der Waals surface area contributed by atoms with Gasteiger partial charge in [0.1, 0.15) is 0 Å². The first kappa shape index (κ1) is 15.7. The summed E-state index contributed by atoms with van der Waals surface area (Å²) in [6, 6.07) is 9.13. The number of carbonyl (C=O) groups excluding carboxylic acids is 2. The van der Waals surface area contributed by atoms with Crippen molar-refractivity contribution >= 4 is 11.9 Å². The zero-order chi connectivity index (χ0) is 16.1. The van der Waals surface area contributed by atoms with Gasteiger partial charge in [-0.3, -0.25) is 0 Å². The molecule has 23 heavy (non-hydrogen) atoms. The molecule has 3 rings (SSSR count). The Morgan fingerprint density at radius 3 is 1.83 bits per heavy atom. The van der Waals surface area contributed by atoms with Crippen LogP contribution in [0.1, 0.15) is 24.7 Å². The van der Waals surface area contributed by atoms with Gasteiger partial charge >= 0.3 is 11.9 Å². The van der Waals surface area contributed by atoms with Crippen LogP contribution >= 0.6 is 0 Å². The average Bonchev–Trinajstić information content (AvgIpc) is 3.02. The molecule has 2 aliphatic rings. The van der Waals surface area contributed by atoms with Crippen LogP contribution in [0.4, 0.5) is 0 Å². The minimum Gasteiger partial charge on any atom is -0.463 e. The van der Waals surface area contributed by atoms with E-state index in [1.54, 1.807) is 12.1 Å². The lowest BCUT2D eigenvalue weighted by molar-refractivity contribution is -0.163. The molecule has 2 heterocycles. The summed E-state index contributed by atoms with van der Waals surface area (Å²) in [5, 5.41) is 0. The second kappa shape index (κ2) is 7.39. The predicted molar refractivity (Wildman–Crippen MR) is 79.2 cm³/mol. The van der Waals surface area contributed by atoms with Gasteiger partial charge in [0.2, 0.25) is 0 Å². The molecule has 0 aromatic heterocycles. The first-order valence-electron chi connectivity index (χ1n) is 7.60. The molecule has 6 heteroatoms. The topological polar surface area (TPSA) is 71.1 Å². The Kier molecular flexibility index (Phi) is 5.05. The first-order valence-corrected chi connectivity index (χ1v) is 7.60. The van der Waals surface area contributed by atoms with Crippen molar-refractivity contribution in [3.05, 3.63) is 48.0 Å². The minimum absolute atomic E-state index is 0.243. The highest BCUT2D eigenvalue weighted by Gasteiger charge is 2.47. The molecule has 122 valence electrons. The van der Waals surface area contributed by atoms with Crippen LogP contribution < -0.4 is 0 Å². The van der Waals surface area contributed by atoms with Crippen LogP contribution in [0.5, 0.6) is 0 Å². The third-order valence-electron chi connectivity index (χ3n) is 3.58. The quantitative estimate of drug-likeness (QED) is 0.582. The number of fused-ring (bicyclic) bond motifs is 1. The Labute approximate surface area is 134 Å². The van der Waals surface area contributed by atoms with Gasteiger partial charge in [0.15, 0.2) is 18.5 Å². The largest absolute Gasteiger partial charge is 0.463 e. The minimum atomic E-state index is -1.11. The maximum Gasteiger partial charge on any atom is 0.338 e. The number of benzene rings is 1. The zero-order valence-corrected chi connectivity index (χ0v) is 12.6. The summed E-state index contributed by atoms with van der Waals surface area (Å²) in [4.78, 5) is 24.4. The van der Waals surface area contributed by atoms with Gasteiger partial charge in [0.05, 0.1) is 13.2 Å². The summed E-state index contributed by atoms with van der Waals surface area (Å²) in [5.41, 5.74) is 0.728. The van der Waals surface area contributed by atoms with Crippen LogP contribution in [0.2, 0.25) is 0 Å². The van der Waals surface area contributed by atoms with Gasteiger partial charge in [-0.25, -0.2) is 9.59 Å². The molecule has 0 bridgehead atoms. The predicted octanol–water partition coefficient (Wildman–Crippen LogP) is 1.91. The summed E-state index contributed by atoms with van der Waals surface area (Å²) in [5.74, 6) is -1.22. The molecular weight excluding hydrogens is 300 g/mol. The normalized spacial score (nSPS) is 28.0. The van der Waals surface area contributed by atoms with E-state index in [2.05, 4.69) is 0 Å². The molecule has 0 saturated carbocycles. The van der Waals surface area contributed by atoms with Gasteiger partial charge in [-0.05, 0) is 12.8 Å². The Morgan fingerprint density at radius 2 is 1.30 bits per heavy atom. The van der Waals surface area contributed by atoms with Gasteiger partial charge in [-0.1, -0.05) is 42.5 Å². The average molecular weight is 318 g/mol. The highest BCUT2D eigenvalue weighted by atomic mass is 16.8. The third kappa shape index (κ3) is 3.78. The lowest BCUT2D eigenvalue weighted by atomic mass is 10.2. The van der Waals surface area contributed by atoms with Crippen LogP contribution in [-0.2, 0) is 28.5 Å². The summed E-state index contributed by atoms with van der Waals surface area (Å²) < 4.78 is 21.6. The third-order valence-corrected chi connectivity index (χ3v) is 3.58. The molecule has 2 atom stereocenters. The standard InChI is InChI=1S/C17H18O6/c18-15-13-14(16(19)21-11-7-2-1-6-10-20-15)23-17(22-13)12-8-4-3-5-9-12/h1-5,8-9,13-14,17H,6-7,10-11H2/b2-1+/t13-,14-/m1/s1. The van der Waals surface area contributed by atoms with E-state index in [1.165, 1.54) is 0 Å². The summed E-state index contributed by atoms with van der Waals surface area (Å²) >= 11 is 0. The van der Waals surface area contributed by atoms with Crippen molar-refractivity contribution in [3.63, 3.8) is 0 Å². The second-order valence-electron chi connectivity index (χ2n) is 5.24. The summed E-state index contributed by atoms with van der Waals surface area (Å²) in [6.07, 6.45) is 1.97. The number of hydrogen-bond acceptors (Lipinski definition) is 6. The molecule has 2 aliphatic heterocycles. The molecule has 1 saturated heterocycles. The van der Waals surface area contributed by atoms with E-state index in [0.717, 1.165) is 5.56 Å². The van der Waals surface area contributed by atoms with E-state index in [0.29, 0.717) is 12.8 Å². The molecule has 0 spiro atoms. The molecule has 1 fully saturated rings. The molecule has 1 aromatic rings. The van der Waals surface area contributed by atoms with E-state index in [4.69, 9.17) is 18.9 Å². The van der Waals surface area contributed by atoms with Gasteiger partial charge in [0.25, 0.3) is 0 Å². The van der Waals surface area contributed by atoms with Crippen LogP contribution in [0.15, 0.2) is 42.5 Å².